The molecule has 1 saturated heterocycles. The molecule has 0 unspecified atom stereocenters. The van der Waals surface area contributed by atoms with Gasteiger partial charge in [-0.15, -0.1) is 0 Å². The minimum absolute atomic E-state index is 0.262. The molecular formula is C22H20FN3O2. The highest BCUT2D eigenvalue weighted by Gasteiger charge is 2.17. The molecule has 1 fully saturated rings. The zero-order valence-corrected chi connectivity index (χ0v) is 15.6. The van der Waals surface area contributed by atoms with Crippen molar-refractivity contribution in [1.82, 2.24) is 9.38 Å². The average Bonchev–Trinajstić information content (AvgIpc) is 3.11. The van der Waals surface area contributed by atoms with E-state index in [0.717, 1.165) is 42.8 Å². The highest BCUT2D eigenvalue weighted by Crippen LogP contribution is 2.29. The van der Waals surface area contributed by atoms with Crippen LogP contribution in [-0.2, 0) is 0 Å². The fourth-order valence-electron chi connectivity index (χ4n) is 3.91. The number of aryl methyl sites for hydroxylation is 1. The largest absolute Gasteiger partial charge is 0.422 e. The van der Waals surface area contributed by atoms with Gasteiger partial charge < -0.3 is 13.7 Å². The summed E-state index contributed by atoms with van der Waals surface area (Å²) in [6.07, 6.45) is 7.08. The van der Waals surface area contributed by atoms with Crippen LogP contribution in [0.5, 0.6) is 0 Å². The van der Waals surface area contributed by atoms with E-state index in [4.69, 9.17) is 4.42 Å². The number of piperidine rings is 1. The van der Waals surface area contributed by atoms with Gasteiger partial charge in [0.25, 0.3) is 0 Å². The van der Waals surface area contributed by atoms with E-state index in [-0.39, 0.29) is 17.0 Å². The summed E-state index contributed by atoms with van der Waals surface area (Å²) >= 11 is 0. The maximum absolute atomic E-state index is 14.9. The van der Waals surface area contributed by atoms with Crippen molar-refractivity contribution in [1.29, 1.82) is 0 Å². The molecule has 0 saturated carbocycles. The lowest BCUT2D eigenvalue weighted by Crippen LogP contribution is -2.29. The quantitative estimate of drug-likeness (QED) is 0.481. The third-order valence-corrected chi connectivity index (χ3v) is 5.38. The summed E-state index contributed by atoms with van der Waals surface area (Å²) in [5, 5.41) is 0.295. The maximum Gasteiger partial charge on any atom is 0.345 e. The lowest BCUT2D eigenvalue weighted by molar-refractivity contribution is 0.554. The Kier molecular flexibility index (Phi) is 3.93. The second-order valence-corrected chi connectivity index (χ2v) is 7.43. The topological polar surface area (TPSA) is 50.8 Å². The Hall–Kier alpha value is -3.15. The lowest BCUT2D eigenvalue weighted by Gasteiger charge is -2.28. The SMILES string of the molecule is Cc1ccc2nc(-c3cc4c(F)cc(N5CCCCC5)cc4oc3=O)cn2c1. The van der Waals surface area contributed by atoms with Crippen LogP contribution in [-0.4, -0.2) is 22.5 Å². The Morgan fingerprint density at radius 3 is 2.71 bits per heavy atom. The molecule has 0 amide bonds. The van der Waals surface area contributed by atoms with E-state index in [1.165, 1.54) is 12.5 Å². The summed E-state index contributed by atoms with van der Waals surface area (Å²) < 4.78 is 22.2. The second kappa shape index (κ2) is 6.48. The van der Waals surface area contributed by atoms with Crippen molar-refractivity contribution < 1.29 is 8.81 Å². The molecule has 1 aliphatic rings. The number of benzene rings is 1. The Morgan fingerprint density at radius 1 is 1.07 bits per heavy atom. The summed E-state index contributed by atoms with van der Waals surface area (Å²) in [6.45, 7) is 3.78. The molecule has 0 radical (unpaired) electrons. The van der Waals surface area contributed by atoms with Crippen LogP contribution in [0, 0.1) is 12.7 Å². The van der Waals surface area contributed by atoms with E-state index in [1.54, 1.807) is 18.3 Å². The minimum Gasteiger partial charge on any atom is -0.422 e. The number of aromatic nitrogens is 2. The first kappa shape index (κ1) is 17.0. The number of hydrogen-bond donors (Lipinski definition) is 0. The van der Waals surface area contributed by atoms with Gasteiger partial charge in [0.05, 0.1) is 16.6 Å². The van der Waals surface area contributed by atoms with Crippen molar-refractivity contribution in [3.63, 3.8) is 0 Å². The normalized spacial score (nSPS) is 14.9. The number of pyridine rings is 1. The first-order chi connectivity index (χ1) is 13.6. The predicted octanol–water partition coefficient (Wildman–Crippen LogP) is 4.55. The lowest BCUT2D eigenvalue weighted by atomic mass is 10.1. The fourth-order valence-corrected chi connectivity index (χ4v) is 3.91. The van der Waals surface area contributed by atoms with Crippen molar-refractivity contribution >= 4 is 22.3 Å². The van der Waals surface area contributed by atoms with E-state index >= 15 is 0 Å². The van der Waals surface area contributed by atoms with Gasteiger partial charge in [-0.3, -0.25) is 0 Å². The van der Waals surface area contributed by atoms with E-state index in [1.807, 2.05) is 29.7 Å². The molecule has 4 heterocycles. The van der Waals surface area contributed by atoms with Gasteiger partial charge in [-0.1, -0.05) is 6.07 Å². The molecule has 0 aliphatic carbocycles. The van der Waals surface area contributed by atoms with Crippen LogP contribution in [0.15, 0.2) is 51.9 Å². The van der Waals surface area contributed by atoms with Gasteiger partial charge >= 0.3 is 5.63 Å². The summed E-state index contributed by atoms with van der Waals surface area (Å²) in [6, 6.07) is 8.68. The minimum atomic E-state index is -0.511. The van der Waals surface area contributed by atoms with Crippen molar-refractivity contribution in [2.75, 3.05) is 18.0 Å². The van der Waals surface area contributed by atoms with Crippen LogP contribution in [0.1, 0.15) is 24.8 Å². The number of anilines is 1. The molecule has 4 aromatic rings. The van der Waals surface area contributed by atoms with Crippen LogP contribution in [0.25, 0.3) is 27.9 Å². The molecule has 0 atom stereocenters. The molecule has 0 spiro atoms. The molecule has 1 aromatic carbocycles. The third kappa shape index (κ3) is 2.85. The van der Waals surface area contributed by atoms with Crippen LogP contribution in [0.2, 0.25) is 0 Å². The van der Waals surface area contributed by atoms with Crippen molar-refractivity contribution in [2.24, 2.45) is 0 Å². The first-order valence-corrected chi connectivity index (χ1v) is 9.56. The Balaban J connectivity index is 1.63. The van der Waals surface area contributed by atoms with Gasteiger partial charge in [0, 0.05) is 37.2 Å². The van der Waals surface area contributed by atoms with Gasteiger partial charge in [-0.05, 0) is 49.9 Å². The van der Waals surface area contributed by atoms with E-state index in [9.17, 15) is 9.18 Å². The summed E-state index contributed by atoms with van der Waals surface area (Å²) in [4.78, 5) is 19.3. The highest BCUT2D eigenvalue weighted by molar-refractivity contribution is 5.85. The molecule has 142 valence electrons. The average molecular weight is 377 g/mol. The van der Waals surface area contributed by atoms with Crippen molar-refractivity contribution in [3.8, 4) is 11.3 Å². The fraction of sp³-hybridized carbons (Fsp3) is 0.273. The molecule has 6 heteroatoms. The highest BCUT2D eigenvalue weighted by atomic mass is 19.1. The Bertz CT molecular complexity index is 1250. The molecule has 28 heavy (non-hydrogen) atoms. The molecule has 5 nitrogen and oxygen atoms in total. The molecule has 1 aliphatic heterocycles. The van der Waals surface area contributed by atoms with Gasteiger partial charge in [0.1, 0.15) is 17.0 Å². The smallest absolute Gasteiger partial charge is 0.345 e. The second-order valence-electron chi connectivity index (χ2n) is 7.43. The number of nitrogens with zero attached hydrogens (tertiary/aromatic N) is 3. The number of fused-ring (bicyclic) bond motifs is 2. The van der Waals surface area contributed by atoms with Crippen LogP contribution >= 0.6 is 0 Å². The van der Waals surface area contributed by atoms with Crippen LogP contribution in [0.3, 0.4) is 0 Å². The van der Waals surface area contributed by atoms with Gasteiger partial charge in [-0.2, -0.15) is 0 Å². The zero-order valence-electron chi connectivity index (χ0n) is 15.6. The third-order valence-electron chi connectivity index (χ3n) is 5.38. The number of rotatable bonds is 2. The van der Waals surface area contributed by atoms with Crippen LogP contribution < -0.4 is 10.5 Å². The zero-order chi connectivity index (χ0) is 19.3. The first-order valence-electron chi connectivity index (χ1n) is 9.56. The van der Waals surface area contributed by atoms with Crippen LogP contribution in [0.4, 0.5) is 10.1 Å². The van der Waals surface area contributed by atoms with E-state index in [2.05, 4.69) is 9.88 Å². The Labute approximate surface area is 161 Å². The molecular weight excluding hydrogens is 357 g/mol. The van der Waals surface area contributed by atoms with Crippen molar-refractivity contribution in [2.45, 2.75) is 26.2 Å². The maximum atomic E-state index is 14.9. The Morgan fingerprint density at radius 2 is 1.89 bits per heavy atom. The summed E-state index contributed by atoms with van der Waals surface area (Å²) in [5.74, 6) is -0.386. The van der Waals surface area contributed by atoms with Crippen molar-refractivity contribution in [3.05, 3.63) is 64.5 Å². The summed E-state index contributed by atoms with van der Waals surface area (Å²) in [7, 11) is 0. The monoisotopic (exact) mass is 377 g/mol. The standard InChI is InChI=1S/C22H20FN3O2/c1-14-5-6-21-24-19(13-26(21)12-14)17-11-16-18(23)9-15(10-20(16)28-22(17)27)25-7-3-2-4-8-25/h5-6,9-13H,2-4,7-8H2,1H3. The number of hydrogen-bond acceptors (Lipinski definition) is 4. The molecule has 0 N–H and O–H groups in total. The van der Waals surface area contributed by atoms with E-state index in [0.29, 0.717) is 11.1 Å². The molecule has 3 aromatic heterocycles. The van der Waals surface area contributed by atoms with Gasteiger partial charge in [0.15, 0.2) is 0 Å². The number of halogens is 1. The predicted molar refractivity (Wildman–Crippen MR) is 107 cm³/mol. The number of imidazole rings is 1. The molecule has 0 bridgehead atoms. The van der Waals surface area contributed by atoms with Gasteiger partial charge in [-0.25, -0.2) is 14.2 Å². The summed E-state index contributed by atoms with van der Waals surface area (Å²) in [5.41, 5.74) is 3.07. The molecule has 5 rings (SSSR count). The van der Waals surface area contributed by atoms with E-state index < -0.39 is 5.63 Å². The van der Waals surface area contributed by atoms with Gasteiger partial charge in [0.2, 0.25) is 0 Å².